The molecule has 0 radical (unpaired) electrons. The van der Waals surface area contributed by atoms with E-state index in [1.807, 2.05) is 6.07 Å². The van der Waals surface area contributed by atoms with Crippen LogP contribution in [0.2, 0.25) is 10.0 Å². The second-order valence-corrected chi connectivity index (χ2v) is 5.90. The van der Waals surface area contributed by atoms with Crippen LogP contribution in [-0.2, 0) is 0 Å². The Bertz CT molecular complexity index is 903. The second kappa shape index (κ2) is 8.07. The van der Waals surface area contributed by atoms with Crippen molar-refractivity contribution >= 4 is 46.3 Å². The van der Waals surface area contributed by atoms with E-state index in [4.69, 9.17) is 32.7 Å². The van der Waals surface area contributed by atoms with E-state index in [0.717, 1.165) is 5.69 Å². The molecule has 1 heterocycles. The van der Waals surface area contributed by atoms with Gasteiger partial charge in [0.05, 0.1) is 36.1 Å². The summed E-state index contributed by atoms with van der Waals surface area (Å²) in [5, 5.41) is 15.0. The standard InChI is InChI=1S/C17H15Cl2N5O2/c1-25-13-7-6-10(8-14(13)26-2)21-17-23-15(9-20-24-17)22-16-11(18)4-3-5-12(16)19/h3-9H,1-2H3,(H2,21,22,23,24). The lowest BCUT2D eigenvalue weighted by Crippen LogP contribution is -2.03. The number of nitrogens with one attached hydrogen (secondary N) is 2. The molecule has 0 saturated carbocycles. The number of hydrogen-bond donors (Lipinski definition) is 2. The second-order valence-electron chi connectivity index (χ2n) is 5.08. The average Bonchev–Trinajstić information content (AvgIpc) is 2.65. The Balaban J connectivity index is 1.82. The summed E-state index contributed by atoms with van der Waals surface area (Å²) in [5.41, 5.74) is 1.27. The molecule has 0 aliphatic heterocycles. The molecule has 2 N–H and O–H groups in total. The third kappa shape index (κ3) is 4.07. The van der Waals surface area contributed by atoms with Crippen LogP contribution in [0.25, 0.3) is 0 Å². The molecule has 3 aromatic rings. The van der Waals surface area contributed by atoms with Crippen LogP contribution in [0.3, 0.4) is 0 Å². The molecular formula is C17H15Cl2N5O2. The minimum Gasteiger partial charge on any atom is -0.493 e. The van der Waals surface area contributed by atoms with E-state index in [9.17, 15) is 0 Å². The van der Waals surface area contributed by atoms with E-state index in [1.54, 1.807) is 44.6 Å². The molecule has 0 amide bonds. The van der Waals surface area contributed by atoms with Gasteiger partial charge in [-0.3, -0.25) is 0 Å². The summed E-state index contributed by atoms with van der Waals surface area (Å²) < 4.78 is 10.5. The Morgan fingerprint density at radius 2 is 1.65 bits per heavy atom. The van der Waals surface area contributed by atoms with Gasteiger partial charge in [-0.1, -0.05) is 29.3 Å². The summed E-state index contributed by atoms with van der Waals surface area (Å²) in [6.45, 7) is 0. The van der Waals surface area contributed by atoms with E-state index in [1.165, 1.54) is 6.20 Å². The summed E-state index contributed by atoms with van der Waals surface area (Å²) in [4.78, 5) is 4.36. The van der Waals surface area contributed by atoms with Crippen molar-refractivity contribution in [3.8, 4) is 11.5 Å². The number of hydrogen-bond acceptors (Lipinski definition) is 7. The molecule has 134 valence electrons. The van der Waals surface area contributed by atoms with Crippen LogP contribution in [0.15, 0.2) is 42.6 Å². The predicted molar refractivity (Wildman–Crippen MR) is 102 cm³/mol. The number of para-hydroxylation sites is 1. The molecule has 7 nitrogen and oxygen atoms in total. The molecule has 0 aliphatic carbocycles. The topological polar surface area (TPSA) is 81.2 Å². The lowest BCUT2D eigenvalue weighted by molar-refractivity contribution is 0.355. The Morgan fingerprint density at radius 3 is 2.35 bits per heavy atom. The van der Waals surface area contributed by atoms with Crippen LogP contribution in [0.5, 0.6) is 11.5 Å². The van der Waals surface area contributed by atoms with Crippen LogP contribution >= 0.6 is 23.2 Å². The van der Waals surface area contributed by atoms with E-state index >= 15 is 0 Å². The molecule has 26 heavy (non-hydrogen) atoms. The summed E-state index contributed by atoms with van der Waals surface area (Å²) in [6, 6.07) is 10.6. The maximum Gasteiger partial charge on any atom is 0.249 e. The Hall–Kier alpha value is -2.77. The van der Waals surface area contributed by atoms with Gasteiger partial charge >= 0.3 is 0 Å². The quantitative estimate of drug-likeness (QED) is 0.630. The number of methoxy groups -OCH3 is 2. The normalized spacial score (nSPS) is 10.3. The largest absolute Gasteiger partial charge is 0.493 e. The summed E-state index contributed by atoms with van der Waals surface area (Å²) in [7, 11) is 3.14. The van der Waals surface area contributed by atoms with Crippen LogP contribution in [0, 0.1) is 0 Å². The van der Waals surface area contributed by atoms with Crippen LogP contribution < -0.4 is 20.1 Å². The summed E-state index contributed by atoms with van der Waals surface area (Å²) in [6.07, 6.45) is 1.47. The minimum absolute atomic E-state index is 0.297. The molecule has 0 atom stereocenters. The van der Waals surface area contributed by atoms with Crippen LogP contribution in [0.4, 0.5) is 23.1 Å². The fourth-order valence-corrected chi connectivity index (χ4v) is 2.70. The lowest BCUT2D eigenvalue weighted by atomic mass is 10.3. The summed E-state index contributed by atoms with van der Waals surface area (Å²) >= 11 is 12.3. The van der Waals surface area contributed by atoms with Gasteiger partial charge in [0.15, 0.2) is 17.3 Å². The molecule has 0 saturated heterocycles. The lowest BCUT2D eigenvalue weighted by Gasteiger charge is -2.12. The van der Waals surface area contributed by atoms with Crippen molar-refractivity contribution < 1.29 is 9.47 Å². The SMILES string of the molecule is COc1ccc(Nc2nncc(Nc3c(Cl)cccc3Cl)n2)cc1OC. The number of anilines is 4. The van der Waals surface area contributed by atoms with E-state index < -0.39 is 0 Å². The van der Waals surface area contributed by atoms with Gasteiger partial charge in [0, 0.05) is 11.8 Å². The Kier molecular flexibility index (Phi) is 5.60. The molecule has 0 spiro atoms. The molecule has 1 aromatic heterocycles. The van der Waals surface area contributed by atoms with Crippen LogP contribution in [-0.4, -0.2) is 29.4 Å². The summed E-state index contributed by atoms with van der Waals surface area (Å²) in [5.74, 6) is 1.95. The van der Waals surface area contributed by atoms with Crippen molar-refractivity contribution in [2.24, 2.45) is 0 Å². The number of aromatic nitrogens is 3. The average molecular weight is 392 g/mol. The van der Waals surface area contributed by atoms with Gasteiger partial charge in [0.25, 0.3) is 0 Å². The third-order valence-corrected chi connectivity index (χ3v) is 4.04. The monoisotopic (exact) mass is 391 g/mol. The fourth-order valence-electron chi connectivity index (χ4n) is 2.21. The zero-order valence-electron chi connectivity index (χ0n) is 14.0. The molecule has 0 unspecified atom stereocenters. The predicted octanol–water partition coefficient (Wildman–Crippen LogP) is 4.68. The maximum atomic E-state index is 6.16. The number of ether oxygens (including phenoxy) is 2. The van der Waals surface area contributed by atoms with E-state index in [2.05, 4.69) is 25.8 Å². The highest BCUT2D eigenvalue weighted by Gasteiger charge is 2.09. The van der Waals surface area contributed by atoms with Crippen molar-refractivity contribution in [2.45, 2.75) is 0 Å². The number of halogens is 2. The first-order chi connectivity index (χ1) is 12.6. The number of rotatable bonds is 6. The van der Waals surface area contributed by atoms with Crippen molar-refractivity contribution in [1.82, 2.24) is 15.2 Å². The molecular weight excluding hydrogens is 377 g/mol. The molecule has 2 aromatic carbocycles. The Labute approximate surface area is 160 Å². The molecule has 0 fully saturated rings. The van der Waals surface area contributed by atoms with Gasteiger partial charge < -0.3 is 20.1 Å². The van der Waals surface area contributed by atoms with Gasteiger partial charge in [-0.15, -0.1) is 5.10 Å². The van der Waals surface area contributed by atoms with Crippen molar-refractivity contribution in [3.05, 3.63) is 52.6 Å². The third-order valence-electron chi connectivity index (χ3n) is 3.41. The number of benzene rings is 2. The smallest absolute Gasteiger partial charge is 0.249 e. The highest BCUT2D eigenvalue weighted by molar-refractivity contribution is 6.39. The van der Waals surface area contributed by atoms with Crippen molar-refractivity contribution in [1.29, 1.82) is 0 Å². The van der Waals surface area contributed by atoms with Gasteiger partial charge in [-0.25, -0.2) is 0 Å². The Morgan fingerprint density at radius 1 is 0.923 bits per heavy atom. The molecule has 3 rings (SSSR count). The molecule has 0 bridgehead atoms. The first kappa shape index (κ1) is 18.0. The van der Waals surface area contributed by atoms with Gasteiger partial charge in [-0.05, 0) is 24.3 Å². The van der Waals surface area contributed by atoms with Gasteiger partial charge in [0.1, 0.15) is 0 Å². The zero-order chi connectivity index (χ0) is 18.5. The minimum atomic E-state index is 0.297. The van der Waals surface area contributed by atoms with E-state index in [-0.39, 0.29) is 0 Å². The van der Waals surface area contributed by atoms with E-state index in [0.29, 0.717) is 39.0 Å². The van der Waals surface area contributed by atoms with Crippen molar-refractivity contribution in [3.63, 3.8) is 0 Å². The fraction of sp³-hybridized carbons (Fsp3) is 0.118. The maximum absolute atomic E-state index is 6.16. The highest BCUT2D eigenvalue weighted by Crippen LogP contribution is 2.33. The molecule has 0 aliphatic rings. The first-order valence-electron chi connectivity index (χ1n) is 7.50. The highest BCUT2D eigenvalue weighted by atomic mass is 35.5. The van der Waals surface area contributed by atoms with Crippen molar-refractivity contribution in [2.75, 3.05) is 24.9 Å². The number of nitrogens with zero attached hydrogens (tertiary/aromatic N) is 3. The van der Waals surface area contributed by atoms with Crippen LogP contribution in [0.1, 0.15) is 0 Å². The first-order valence-corrected chi connectivity index (χ1v) is 8.26. The van der Waals surface area contributed by atoms with Gasteiger partial charge in [-0.2, -0.15) is 10.1 Å². The van der Waals surface area contributed by atoms with Gasteiger partial charge in [0.2, 0.25) is 5.95 Å². The molecule has 9 heteroatoms. The zero-order valence-corrected chi connectivity index (χ0v) is 15.5.